The predicted octanol–water partition coefficient (Wildman–Crippen LogP) is 4.51. The summed E-state index contributed by atoms with van der Waals surface area (Å²) < 4.78 is 5.21. The fraction of sp³-hybridized carbons (Fsp3) is 0.259. The van der Waals surface area contributed by atoms with Gasteiger partial charge in [0.1, 0.15) is 11.4 Å². The zero-order valence-corrected chi connectivity index (χ0v) is 18.5. The van der Waals surface area contributed by atoms with E-state index in [1.165, 1.54) is 16.7 Å². The van der Waals surface area contributed by atoms with Crippen LogP contribution in [0.25, 0.3) is 5.57 Å². The molecule has 1 aliphatic heterocycles. The smallest absolute Gasteiger partial charge is 0.341 e. The van der Waals surface area contributed by atoms with Crippen molar-refractivity contribution in [2.75, 3.05) is 44.2 Å². The van der Waals surface area contributed by atoms with Gasteiger partial charge < -0.3 is 9.64 Å². The topological polar surface area (TPSA) is 45.7 Å². The van der Waals surface area contributed by atoms with Crippen molar-refractivity contribution in [3.8, 4) is 0 Å². The van der Waals surface area contributed by atoms with Crippen LogP contribution >= 0.6 is 0 Å². The number of piperazine rings is 1. The van der Waals surface area contributed by atoms with Gasteiger partial charge in [-0.3, -0.25) is 4.90 Å². The van der Waals surface area contributed by atoms with Crippen LogP contribution in [-0.2, 0) is 4.74 Å². The molecule has 5 nitrogen and oxygen atoms in total. The Morgan fingerprint density at radius 1 is 0.906 bits per heavy atom. The van der Waals surface area contributed by atoms with Gasteiger partial charge in [-0.25, -0.2) is 9.78 Å². The predicted molar refractivity (Wildman–Crippen MR) is 129 cm³/mol. The van der Waals surface area contributed by atoms with E-state index in [9.17, 15) is 4.79 Å². The average Bonchev–Trinajstić information content (AvgIpc) is 2.86. The first kappa shape index (κ1) is 21.8. The van der Waals surface area contributed by atoms with E-state index in [0.29, 0.717) is 12.2 Å². The molecule has 4 rings (SSSR count). The minimum Gasteiger partial charge on any atom is -0.462 e. The van der Waals surface area contributed by atoms with E-state index < -0.39 is 0 Å². The minimum absolute atomic E-state index is 0.309. The van der Waals surface area contributed by atoms with Crippen LogP contribution < -0.4 is 4.90 Å². The van der Waals surface area contributed by atoms with Crippen LogP contribution in [0.4, 0.5) is 5.82 Å². The van der Waals surface area contributed by atoms with Gasteiger partial charge in [-0.2, -0.15) is 0 Å². The van der Waals surface area contributed by atoms with Crippen LogP contribution in [0, 0.1) is 0 Å². The lowest BCUT2D eigenvalue weighted by atomic mass is 9.97. The molecule has 32 heavy (non-hydrogen) atoms. The summed E-state index contributed by atoms with van der Waals surface area (Å²) in [4.78, 5) is 21.4. The summed E-state index contributed by atoms with van der Waals surface area (Å²) in [6, 6.07) is 24.6. The van der Waals surface area contributed by atoms with Gasteiger partial charge in [0.15, 0.2) is 0 Å². The zero-order valence-electron chi connectivity index (χ0n) is 18.5. The van der Waals surface area contributed by atoms with Gasteiger partial charge in [0, 0.05) is 38.9 Å². The number of rotatable bonds is 7. The zero-order chi connectivity index (χ0) is 22.2. The molecule has 5 heteroatoms. The molecular weight excluding hydrogens is 398 g/mol. The fourth-order valence-corrected chi connectivity index (χ4v) is 4.02. The lowest BCUT2D eigenvalue weighted by Crippen LogP contribution is -2.47. The molecule has 0 aliphatic carbocycles. The number of nitrogens with zero attached hydrogens (tertiary/aromatic N) is 3. The van der Waals surface area contributed by atoms with Crippen molar-refractivity contribution < 1.29 is 9.53 Å². The highest BCUT2D eigenvalue weighted by molar-refractivity contribution is 5.94. The molecule has 1 aromatic heterocycles. The third kappa shape index (κ3) is 5.24. The second kappa shape index (κ2) is 10.7. The number of anilines is 1. The molecule has 1 saturated heterocycles. The van der Waals surface area contributed by atoms with Crippen LogP contribution in [-0.4, -0.2) is 55.2 Å². The van der Waals surface area contributed by atoms with Crippen molar-refractivity contribution in [3.05, 3.63) is 102 Å². The maximum absolute atomic E-state index is 12.3. The summed E-state index contributed by atoms with van der Waals surface area (Å²) in [5.74, 6) is 0.409. The Hall–Kier alpha value is -3.44. The first-order chi connectivity index (χ1) is 15.8. The largest absolute Gasteiger partial charge is 0.462 e. The van der Waals surface area contributed by atoms with Gasteiger partial charge >= 0.3 is 5.97 Å². The Kier molecular flexibility index (Phi) is 7.31. The first-order valence-electron chi connectivity index (χ1n) is 11.2. The molecule has 164 valence electrons. The van der Waals surface area contributed by atoms with Gasteiger partial charge in [0.25, 0.3) is 0 Å². The first-order valence-corrected chi connectivity index (χ1v) is 11.2. The van der Waals surface area contributed by atoms with E-state index in [1.807, 2.05) is 19.1 Å². The molecule has 2 aromatic carbocycles. The van der Waals surface area contributed by atoms with Gasteiger partial charge in [-0.15, -0.1) is 0 Å². The Morgan fingerprint density at radius 2 is 1.53 bits per heavy atom. The SMILES string of the molecule is CCOC(=O)c1cccnc1N1CCN(CC=C(c2ccccc2)c2ccccc2)CC1. The van der Waals surface area contributed by atoms with Crippen LogP contribution in [0.1, 0.15) is 28.4 Å². The molecule has 0 unspecified atom stereocenters. The molecule has 1 fully saturated rings. The van der Waals surface area contributed by atoms with Gasteiger partial charge in [0.05, 0.1) is 6.61 Å². The van der Waals surface area contributed by atoms with Crippen molar-refractivity contribution in [3.63, 3.8) is 0 Å². The van der Waals surface area contributed by atoms with Crippen molar-refractivity contribution in [1.29, 1.82) is 0 Å². The molecule has 0 N–H and O–H groups in total. The van der Waals surface area contributed by atoms with Crippen molar-refractivity contribution in [2.45, 2.75) is 6.92 Å². The lowest BCUT2D eigenvalue weighted by molar-refractivity contribution is 0.0526. The fourth-order valence-electron chi connectivity index (χ4n) is 4.02. The second-order valence-corrected chi connectivity index (χ2v) is 7.73. The molecule has 0 spiro atoms. The van der Waals surface area contributed by atoms with Crippen LogP contribution in [0.2, 0.25) is 0 Å². The number of aromatic nitrogens is 1. The van der Waals surface area contributed by atoms with Crippen LogP contribution in [0.15, 0.2) is 85.1 Å². The quantitative estimate of drug-likeness (QED) is 0.519. The van der Waals surface area contributed by atoms with Gasteiger partial charge in [0.2, 0.25) is 0 Å². The molecule has 2 heterocycles. The maximum atomic E-state index is 12.3. The number of hydrogen-bond donors (Lipinski definition) is 0. The number of pyridine rings is 1. The Morgan fingerprint density at radius 3 is 2.12 bits per heavy atom. The third-order valence-corrected chi connectivity index (χ3v) is 5.68. The van der Waals surface area contributed by atoms with Crippen LogP contribution in [0.3, 0.4) is 0 Å². The molecule has 0 amide bonds. The second-order valence-electron chi connectivity index (χ2n) is 7.73. The minimum atomic E-state index is -0.309. The van der Waals surface area contributed by atoms with Crippen molar-refractivity contribution in [1.82, 2.24) is 9.88 Å². The normalized spacial score (nSPS) is 14.1. The summed E-state index contributed by atoms with van der Waals surface area (Å²) in [6.45, 7) is 6.52. The molecule has 0 saturated carbocycles. The number of carbonyl (C=O) groups excluding carboxylic acids is 1. The van der Waals surface area contributed by atoms with Crippen LogP contribution in [0.5, 0.6) is 0 Å². The van der Waals surface area contributed by atoms with E-state index in [0.717, 1.165) is 38.5 Å². The van der Waals surface area contributed by atoms with Gasteiger partial charge in [-0.1, -0.05) is 66.7 Å². The Balaban J connectivity index is 1.45. The highest BCUT2D eigenvalue weighted by Gasteiger charge is 2.23. The lowest BCUT2D eigenvalue weighted by Gasteiger charge is -2.35. The number of benzene rings is 2. The van der Waals surface area contributed by atoms with E-state index in [-0.39, 0.29) is 5.97 Å². The highest BCUT2D eigenvalue weighted by atomic mass is 16.5. The Labute approximate surface area is 190 Å². The maximum Gasteiger partial charge on any atom is 0.341 e. The van der Waals surface area contributed by atoms with E-state index in [1.54, 1.807) is 18.3 Å². The molecular formula is C27H29N3O2. The van der Waals surface area contributed by atoms with E-state index in [2.05, 4.69) is 69.4 Å². The average molecular weight is 428 g/mol. The molecule has 3 aromatic rings. The van der Waals surface area contributed by atoms with E-state index in [4.69, 9.17) is 4.74 Å². The van der Waals surface area contributed by atoms with Crippen molar-refractivity contribution in [2.24, 2.45) is 0 Å². The summed E-state index contributed by atoms with van der Waals surface area (Å²) >= 11 is 0. The molecule has 1 aliphatic rings. The van der Waals surface area contributed by atoms with E-state index >= 15 is 0 Å². The number of carbonyl (C=O) groups is 1. The number of ether oxygens (including phenoxy) is 1. The van der Waals surface area contributed by atoms with Gasteiger partial charge in [-0.05, 0) is 35.8 Å². The van der Waals surface area contributed by atoms with Crippen molar-refractivity contribution >= 4 is 17.4 Å². The summed E-state index contributed by atoms with van der Waals surface area (Å²) in [7, 11) is 0. The standard InChI is InChI=1S/C27H29N3O2/c1-2-32-27(31)25-14-9-16-28-26(25)30-20-18-29(19-21-30)17-15-24(22-10-5-3-6-11-22)23-12-7-4-8-13-23/h3-16H,2,17-21H2,1H3. The monoisotopic (exact) mass is 427 g/mol. The molecule has 0 atom stereocenters. The highest BCUT2D eigenvalue weighted by Crippen LogP contribution is 2.24. The Bertz CT molecular complexity index is 1000. The summed E-state index contributed by atoms with van der Waals surface area (Å²) in [6.07, 6.45) is 4.06. The number of esters is 1. The third-order valence-electron chi connectivity index (χ3n) is 5.68. The molecule has 0 bridgehead atoms. The summed E-state index contributed by atoms with van der Waals surface area (Å²) in [5.41, 5.74) is 4.25. The summed E-state index contributed by atoms with van der Waals surface area (Å²) in [5, 5.41) is 0. The molecule has 0 radical (unpaired) electrons. The number of hydrogen-bond acceptors (Lipinski definition) is 5.